The second-order valence-corrected chi connectivity index (χ2v) is 9.94. The first kappa shape index (κ1) is 21.8. The fraction of sp³-hybridized carbons (Fsp3) is 0.273. The van der Waals surface area contributed by atoms with Crippen molar-refractivity contribution in [2.75, 3.05) is 12.9 Å². The standard InChI is InChI=1S/C22H22N2O4S2/c1-5-11-24-19-14-15(2)13-16(3)21(19)29-22(24)23-20(25)10-12-30(26,27)18-8-6-17(28-4)7-9-18/h1,6-9,13-14H,10-12H2,2-4H3. The van der Waals surface area contributed by atoms with Gasteiger partial charge in [-0.3, -0.25) is 4.79 Å². The summed E-state index contributed by atoms with van der Waals surface area (Å²) in [5.74, 6) is 2.34. The molecule has 0 saturated heterocycles. The molecule has 0 spiro atoms. The number of carbonyl (C=O) groups is 1. The molecule has 8 heteroatoms. The molecule has 0 bridgehead atoms. The summed E-state index contributed by atoms with van der Waals surface area (Å²) in [6.45, 7) is 4.27. The van der Waals surface area contributed by atoms with Gasteiger partial charge in [-0.15, -0.1) is 6.42 Å². The number of thiazole rings is 1. The van der Waals surface area contributed by atoms with Gasteiger partial charge in [0.2, 0.25) is 5.91 Å². The highest BCUT2D eigenvalue weighted by Crippen LogP contribution is 2.23. The maximum atomic E-state index is 12.5. The number of aryl methyl sites for hydroxylation is 2. The van der Waals surface area contributed by atoms with Crippen LogP contribution >= 0.6 is 11.3 Å². The summed E-state index contributed by atoms with van der Waals surface area (Å²) >= 11 is 1.38. The topological polar surface area (TPSA) is 77.7 Å². The van der Waals surface area contributed by atoms with Gasteiger partial charge < -0.3 is 9.30 Å². The van der Waals surface area contributed by atoms with E-state index in [9.17, 15) is 13.2 Å². The summed E-state index contributed by atoms with van der Waals surface area (Å²) in [5.41, 5.74) is 3.09. The molecular weight excluding hydrogens is 420 g/mol. The molecule has 0 saturated carbocycles. The van der Waals surface area contributed by atoms with E-state index in [2.05, 4.69) is 17.0 Å². The fourth-order valence-corrected chi connectivity index (χ4v) is 5.45. The second-order valence-electron chi connectivity index (χ2n) is 6.85. The zero-order valence-corrected chi connectivity index (χ0v) is 18.6. The minimum Gasteiger partial charge on any atom is -0.497 e. The van der Waals surface area contributed by atoms with Crippen molar-refractivity contribution in [3.63, 3.8) is 0 Å². The Hall–Kier alpha value is -2.89. The number of benzene rings is 2. The molecule has 0 atom stereocenters. The number of rotatable bonds is 6. The molecule has 0 aliphatic heterocycles. The first-order valence-electron chi connectivity index (χ1n) is 9.23. The number of sulfone groups is 1. The highest BCUT2D eigenvalue weighted by atomic mass is 32.2. The monoisotopic (exact) mass is 442 g/mol. The Kier molecular flexibility index (Phi) is 6.44. The molecule has 156 valence electrons. The van der Waals surface area contributed by atoms with Crippen molar-refractivity contribution < 1.29 is 17.9 Å². The van der Waals surface area contributed by atoms with E-state index in [1.54, 1.807) is 12.1 Å². The van der Waals surface area contributed by atoms with Crippen LogP contribution in [-0.4, -0.2) is 31.8 Å². The Morgan fingerprint density at radius 3 is 2.57 bits per heavy atom. The van der Waals surface area contributed by atoms with Crippen molar-refractivity contribution >= 4 is 37.3 Å². The number of hydrogen-bond acceptors (Lipinski definition) is 5. The Balaban J connectivity index is 1.87. The first-order valence-corrected chi connectivity index (χ1v) is 11.7. The molecular formula is C22H22N2O4S2. The summed E-state index contributed by atoms with van der Waals surface area (Å²) in [4.78, 5) is 17.3. The van der Waals surface area contributed by atoms with Crippen molar-refractivity contribution in [2.45, 2.75) is 31.7 Å². The molecule has 0 fully saturated rings. The highest BCUT2D eigenvalue weighted by molar-refractivity contribution is 7.91. The van der Waals surface area contributed by atoms with E-state index in [-0.39, 0.29) is 23.6 Å². The van der Waals surface area contributed by atoms with Gasteiger partial charge in [0.05, 0.1) is 34.5 Å². The van der Waals surface area contributed by atoms with Crippen LogP contribution in [0.3, 0.4) is 0 Å². The number of hydrogen-bond donors (Lipinski definition) is 0. The third kappa shape index (κ3) is 4.64. The van der Waals surface area contributed by atoms with Crippen LogP contribution in [-0.2, 0) is 21.2 Å². The third-order valence-corrected chi connectivity index (χ3v) is 7.55. The average Bonchev–Trinajstić information content (AvgIpc) is 3.04. The smallest absolute Gasteiger partial charge is 0.249 e. The molecule has 0 aliphatic carbocycles. The number of ether oxygens (including phenoxy) is 1. The minimum atomic E-state index is -3.60. The molecule has 0 radical (unpaired) electrons. The Bertz CT molecular complexity index is 1310. The molecule has 2 aromatic carbocycles. The normalized spacial score (nSPS) is 12.1. The van der Waals surface area contributed by atoms with Crippen LogP contribution in [0.25, 0.3) is 10.2 Å². The lowest BCUT2D eigenvalue weighted by Crippen LogP contribution is -2.18. The van der Waals surface area contributed by atoms with Gasteiger partial charge in [0.25, 0.3) is 0 Å². The van der Waals surface area contributed by atoms with E-state index in [0.29, 0.717) is 10.6 Å². The van der Waals surface area contributed by atoms with E-state index in [1.807, 2.05) is 24.5 Å². The van der Waals surface area contributed by atoms with Crippen LogP contribution in [0.15, 0.2) is 46.3 Å². The van der Waals surface area contributed by atoms with Crippen molar-refractivity contribution in [1.29, 1.82) is 0 Å². The van der Waals surface area contributed by atoms with E-state index in [1.165, 1.54) is 30.6 Å². The van der Waals surface area contributed by atoms with Crippen molar-refractivity contribution in [3.05, 3.63) is 52.3 Å². The minimum absolute atomic E-state index is 0.145. The lowest BCUT2D eigenvalue weighted by atomic mass is 10.1. The molecule has 6 nitrogen and oxygen atoms in total. The van der Waals surface area contributed by atoms with Gasteiger partial charge in [-0.1, -0.05) is 23.3 Å². The number of aromatic nitrogens is 1. The van der Waals surface area contributed by atoms with E-state index < -0.39 is 15.7 Å². The predicted molar refractivity (Wildman–Crippen MR) is 118 cm³/mol. The average molecular weight is 443 g/mol. The molecule has 3 aromatic rings. The summed E-state index contributed by atoms with van der Waals surface area (Å²) in [6.07, 6.45) is 5.29. The summed E-state index contributed by atoms with van der Waals surface area (Å²) < 4.78 is 32.9. The molecule has 30 heavy (non-hydrogen) atoms. The van der Waals surface area contributed by atoms with E-state index >= 15 is 0 Å². The van der Waals surface area contributed by atoms with Crippen molar-refractivity contribution in [1.82, 2.24) is 4.57 Å². The summed E-state index contributed by atoms with van der Waals surface area (Å²) in [6, 6.07) is 10.1. The van der Waals surface area contributed by atoms with Crippen molar-refractivity contribution in [2.24, 2.45) is 4.99 Å². The zero-order chi connectivity index (χ0) is 21.9. The fourth-order valence-electron chi connectivity index (χ4n) is 3.13. The van der Waals surface area contributed by atoms with Crippen LogP contribution in [0.5, 0.6) is 5.75 Å². The van der Waals surface area contributed by atoms with E-state index in [4.69, 9.17) is 11.2 Å². The van der Waals surface area contributed by atoms with Gasteiger partial charge in [0.15, 0.2) is 14.6 Å². The van der Waals surface area contributed by atoms with Gasteiger partial charge in [-0.2, -0.15) is 4.99 Å². The van der Waals surface area contributed by atoms with Gasteiger partial charge in [-0.25, -0.2) is 8.42 Å². The van der Waals surface area contributed by atoms with E-state index in [0.717, 1.165) is 21.3 Å². The number of terminal acetylenes is 1. The van der Waals surface area contributed by atoms with Crippen molar-refractivity contribution in [3.8, 4) is 18.1 Å². The molecule has 0 aliphatic rings. The molecule has 1 aromatic heterocycles. The Morgan fingerprint density at radius 1 is 1.23 bits per heavy atom. The molecule has 0 N–H and O–H groups in total. The highest BCUT2D eigenvalue weighted by Gasteiger charge is 2.17. The maximum absolute atomic E-state index is 12.5. The van der Waals surface area contributed by atoms with Gasteiger partial charge in [0, 0.05) is 6.42 Å². The summed E-state index contributed by atoms with van der Waals surface area (Å²) in [5, 5.41) is 0. The van der Waals surface area contributed by atoms with Crippen LogP contribution in [0.4, 0.5) is 0 Å². The quantitative estimate of drug-likeness (QED) is 0.549. The molecule has 3 rings (SSSR count). The SMILES string of the molecule is C#CCn1c(=NC(=O)CCS(=O)(=O)c2ccc(OC)cc2)sc2c(C)cc(C)cc21. The molecule has 1 amide bonds. The van der Waals surface area contributed by atoms with Crippen LogP contribution in [0, 0.1) is 26.2 Å². The zero-order valence-electron chi connectivity index (χ0n) is 17.0. The predicted octanol–water partition coefficient (Wildman–Crippen LogP) is 3.25. The lowest BCUT2D eigenvalue weighted by Gasteiger charge is -2.04. The first-order chi connectivity index (χ1) is 14.2. The Labute approximate surface area is 179 Å². The number of fused-ring (bicyclic) bond motifs is 1. The Morgan fingerprint density at radius 2 is 1.93 bits per heavy atom. The molecule has 0 unspecified atom stereocenters. The molecule has 1 heterocycles. The van der Waals surface area contributed by atoms with Gasteiger partial charge in [0.1, 0.15) is 5.75 Å². The van der Waals surface area contributed by atoms with Crippen LogP contribution in [0.1, 0.15) is 17.5 Å². The lowest BCUT2D eigenvalue weighted by molar-refractivity contribution is -0.117. The van der Waals surface area contributed by atoms with Crippen LogP contribution < -0.4 is 9.54 Å². The van der Waals surface area contributed by atoms with Crippen LogP contribution in [0.2, 0.25) is 0 Å². The number of nitrogens with zero attached hydrogens (tertiary/aromatic N) is 2. The third-order valence-electron chi connectivity index (χ3n) is 4.59. The number of carbonyl (C=O) groups excluding carboxylic acids is 1. The van der Waals surface area contributed by atoms with Gasteiger partial charge >= 0.3 is 0 Å². The second kappa shape index (κ2) is 8.86. The van der Waals surface area contributed by atoms with Gasteiger partial charge in [-0.05, 0) is 55.3 Å². The summed E-state index contributed by atoms with van der Waals surface area (Å²) in [7, 11) is -2.10. The number of methoxy groups -OCH3 is 1. The maximum Gasteiger partial charge on any atom is 0.249 e. The number of amides is 1. The largest absolute Gasteiger partial charge is 0.497 e.